The van der Waals surface area contributed by atoms with Crippen LogP contribution in [0, 0.1) is 0 Å². The summed E-state index contributed by atoms with van der Waals surface area (Å²) in [6, 6.07) is 11.4. The number of amides is 1. The Labute approximate surface area is 170 Å². The highest BCUT2D eigenvalue weighted by Crippen LogP contribution is 2.32. The summed E-state index contributed by atoms with van der Waals surface area (Å²) in [6.07, 6.45) is -0.877. The number of rotatable bonds is 7. The standard InChI is InChI=1S/C20H24N2O6S/c1-4-22(5-2)29(24,25)14-10-11-16(26-3)15(12-14)21-20(23)19-13-27-17-8-6-7-9-18(17)28-19/h6-12,19H,4-5,13H2,1-3H3,(H,21,23)/t19-/m1/s1. The van der Waals surface area contributed by atoms with Gasteiger partial charge in [0.05, 0.1) is 17.7 Å². The van der Waals surface area contributed by atoms with Crippen LogP contribution in [-0.2, 0) is 14.8 Å². The zero-order valence-corrected chi connectivity index (χ0v) is 17.4. The lowest BCUT2D eigenvalue weighted by Gasteiger charge is -2.26. The van der Waals surface area contributed by atoms with E-state index in [0.717, 1.165) is 0 Å². The molecule has 0 aliphatic carbocycles. The van der Waals surface area contributed by atoms with Crippen LogP contribution in [0.2, 0.25) is 0 Å². The maximum absolute atomic E-state index is 12.8. The molecular weight excluding hydrogens is 396 g/mol. The highest BCUT2D eigenvalue weighted by Gasteiger charge is 2.29. The van der Waals surface area contributed by atoms with Crippen molar-refractivity contribution in [2.45, 2.75) is 24.8 Å². The van der Waals surface area contributed by atoms with E-state index < -0.39 is 22.0 Å². The fourth-order valence-electron chi connectivity index (χ4n) is 3.02. The molecule has 0 saturated heterocycles. The lowest BCUT2D eigenvalue weighted by Crippen LogP contribution is -2.40. The number of hydrogen-bond donors (Lipinski definition) is 1. The minimum atomic E-state index is -3.68. The Morgan fingerprint density at radius 1 is 1.17 bits per heavy atom. The smallest absolute Gasteiger partial charge is 0.269 e. The third-order valence-electron chi connectivity index (χ3n) is 4.57. The van der Waals surface area contributed by atoms with Crippen molar-refractivity contribution in [1.82, 2.24) is 4.31 Å². The Bertz CT molecular complexity index is 988. The molecule has 0 unspecified atom stereocenters. The van der Waals surface area contributed by atoms with Gasteiger partial charge < -0.3 is 19.5 Å². The molecule has 1 aliphatic rings. The molecule has 2 aromatic rings. The molecule has 0 bridgehead atoms. The van der Waals surface area contributed by atoms with Gasteiger partial charge in [-0.25, -0.2) is 8.42 Å². The highest BCUT2D eigenvalue weighted by atomic mass is 32.2. The zero-order chi connectivity index (χ0) is 21.0. The Morgan fingerprint density at radius 2 is 1.86 bits per heavy atom. The van der Waals surface area contributed by atoms with Crippen LogP contribution in [-0.4, -0.2) is 51.5 Å². The largest absolute Gasteiger partial charge is 0.495 e. The molecule has 0 saturated carbocycles. The van der Waals surface area contributed by atoms with Crippen molar-refractivity contribution in [2.24, 2.45) is 0 Å². The van der Waals surface area contributed by atoms with Gasteiger partial charge in [-0.3, -0.25) is 4.79 Å². The zero-order valence-electron chi connectivity index (χ0n) is 16.5. The van der Waals surface area contributed by atoms with Crippen LogP contribution in [0.4, 0.5) is 5.69 Å². The van der Waals surface area contributed by atoms with Gasteiger partial charge in [0.2, 0.25) is 16.1 Å². The van der Waals surface area contributed by atoms with Crippen LogP contribution >= 0.6 is 0 Å². The van der Waals surface area contributed by atoms with E-state index >= 15 is 0 Å². The number of methoxy groups -OCH3 is 1. The maximum Gasteiger partial charge on any atom is 0.269 e. The van der Waals surface area contributed by atoms with Gasteiger partial charge in [-0.15, -0.1) is 0 Å². The molecule has 9 heteroatoms. The fraction of sp³-hybridized carbons (Fsp3) is 0.350. The molecule has 3 rings (SSSR count). The summed E-state index contributed by atoms with van der Waals surface area (Å²) in [5.41, 5.74) is 0.244. The SMILES string of the molecule is CCN(CC)S(=O)(=O)c1ccc(OC)c(NC(=O)[C@H]2COc3ccccc3O2)c1. The van der Waals surface area contributed by atoms with Crippen molar-refractivity contribution in [3.05, 3.63) is 42.5 Å². The normalized spacial score (nSPS) is 15.8. The molecule has 1 amide bonds. The quantitative estimate of drug-likeness (QED) is 0.740. The van der Waals surface area contributed by atoms with E-state index in [1.807, 2.05) is 6.07 Å². The third kappa shape index (κ3) is 4.30. The second-order valence-corrected chi connectivity index (χ2v) is 8.24. The molecular formula is C20H24N2O6S. The van der Waals surface area contributed by atoms with Gasteiger partial charge >= 0.3 is 0 Å². The van der Waals surface area contributed by atoms with Gasteiger partial charge in [0, 0.05) is 13.1 Å². The molecule has 156 valence electrons. The number of hydrogen-bond acceptors (Lipinski definition) is 6. The average Bonchev–Trinajstić information content (AvgIpc) is 2.74. The van der Waals surface area contributed by atoms with Crippen molar-refractivity contribution >= 4 is 21.6 Å². The van der Waals surface area contributed by atoms with Crippen molar-refractivity contribution in [1.29, 1.82) is 0 Å². The first-order chi connectivity index (χ1) is 13.9. The topological polar surface area (TPSA) is 94.2 Å². The lowest BCUT2D eigenvalue weighted by atomic mass is 10.2. The van der Waals surface area contributed by atoms with Gasteiger partial charge in [-0.1, -0.05) is 26.0 Å². The Balaban J connectivity index is 1.84. The number of sulfonamides is 1. The minimum Gasteiger partial charge on any atom is -0.495 e. The molecule has 29 heavy (non-hydrogen) atoms. The monoisotopic (exact) mass is 420 g/mol. The average molecular weight is 420 g/mol. The third-order valence-corrected chi connectivity index (χ3v) is 6.62. The van der Waals surface area contributed by atoms with Crippen LogP contribution in [0.5, 0.6) is 17.2 Å². The summed E-state index contributed by atoms with van der Waals surface area (Å²) in [4.78, 5) is 12.8. The van der Waals surface area contributed by atoms with Crippen molar-refractivity contribution in [3.8, 4) is 17.2 Å². The van der Waals surface area contributed by atoms with Crippen LogP contribution in [0.25, 0.3) is 0 Å². The van der Waals surface area contributed by atoms with Gasteiger partial charge in [0.1, 0.15) is 12.4 Å². The summed E-state index contributed by atoms with van der Waals surface area (Å²) in [7, 11) is -2.23. The first kappa shape index (κ1) is 20.9. The van der Waals surface area contributed by atoms with Crippen molar-refractivity contribution < 1.29 is 27.4 Å². The van der Waals surface area contributed by atoms with E-state index in [2.05, 4.69) is 5.32 Å². The molecule has 0 fully saturated rings. The van der Waals surface area contributed by atoms with E-state index in [1.165, 1.54) is 29.6 Å². The molecule has 0 aromatic heterocycles. The van der Waals surface area contributed by atoms with Crippen LogP contribution in [0.3, 0.4) is 0 Å². The van der Waals surface area contributed by atoms with Gasteiger partial charge in [-0.05, 0) is 30.3 Å². The highest BCUT2D eigenvalue weighted by molar-refractivity contribution is 7.89. The van der Waals surface area contributed by atoms with Gasteiger partial charge in [0.25, 0.3) is 5.91 Å². The number of ether oxygens (including phenoxy) is 3. The number of anilines is 1. The molecule has 1 aliphatic heterocycles. The molecule has 0 radical (unpaired) electrons. The van der Waals surface area contributed by atoms with Gasteiger partial charge in [-0.2, -0.15) is 4.31 Å². The first-order valence-corrected chi connectivity index (χ1v) is 10.7. The van der Waals surface area contributed by atoms with Crippen LogP contribution in [0.1, 0.15) is 13.8 Å². The molecule has 2 aromatic carbocycles. The number of carbonyl (C=O) groups excluding carboxylic acids is 1. The molecule has 1 N–H and O–H groups in total. The van der Waals surface area contributed by atoms with E-state index in [-0.39, 0.29) is 17.2 Å². The minimum absolute atomic E-state index is 0.0442. The van der Waals surface area contributed by atoms with Crippen LogP contribution < -0.4 is 19.5 Å². The number of benzene rings is 2. The molecule has 1 atom stereocenters. The Morgan fingerprint density at radius 3 is 2.52 bits per heavy atom. The predicted molar refractivity (Wildman–Crippen MR) is 108 cm³/mol. The maximum atomic E-state index is 12.8. The first-order valence-electron chi connectivity index (χ1n) is 9.28. The van der Waals surface area contributed by atoms with E-state index in [9.17, 15) is 13.2 Å². The summed E-state index contributed by atoms with van der Waals surface area (Å²) < 4.78 is 43.5. The second-order valence-electron chi connectivity index (χ2n) is 6.30. The van der Waals surface area contributed by atoms with E-state index in [1.54, 1.807) is 32.0 Å². The predicted octanol–water partition coefficient (Wildman–Crippen LogP) is 2.50. The molecule has 0 spiro atoms. The number of nitrogens with zero attached hydrogens (tertiary/aromatic N) is 1. The number of nitrogens with one attached hydrogen (secondary N) is 1. The summed E-state index contributed by atoms with van der Waals surface area (Å²) in [5, 5.41) is 2.70. The Kier molecular flexibility index (Phi) is 6.29. The van der Waals surface area contributed by atoms with Crippen molar-refractivity contribution in [2.75, 3.05) is 32.1 Å². The second kappa shape index (κ2) is 8.71. The van der Waals surface area contributed by atoms with E-state index in [4.69, 9.17) is 14.2 Å². The summed E-state index contributed by atoms with van der Waals surface area (Å²) in [6.45, 7) is 4.28. The summed E-state index contributed by atoms with van der Waals surface area (Å²) in [5.74, 6) is 0.925. The Hall–Kier alpha value is -2.78. The molecule has 1 heterocycles. The number of carbonyl (C=O) groups is 1. The van der Waals surface area contributed by atoms with Gasteiger partial charge in [0.15, 0.2) is 11.5 Å². The number of para-hydroxylation sites is 2. The lowest BCUT2D eigenvalue weighted by molar-refractivity contribution is -0.125. The van der Waals surface area contributed by atoms with Crippen molar-refractivity contribution in [3.63, 3.8) is 0 Å². The summed E-state index contributed by atoms with van der Waals surface area (Å²) >= 11 is 0. The number of fused-ring (bicyclic) bond motifs is 1. The van der Waals surface area contributed by atoms with Crippen LogP contribution in [0.15, 0.2) is 47.4 Å². The molecule has 8 nitrogen and oxygen atoms in total. The van der Waals surface area contributed by atoms with E-state index in [0.29, 0.717) is 30.3 Å². The fourth-order valence-corrected chi connectivity index (χ4v) is 4.50.